The van der Waals surface area contributed by atoms with Gasteiger partial charge in [-0.2, -0.15) is 0 Å². The summed E-state index contributed by atoms with van der Waals surface area (Å²) in [6.07, 6.45) is 5.01. The van der Waals surface area contributed by atoms with Gasteiger partial charge in [-0.1, -0.05) is 0 Å². The summed E-state index contributed by atoms with van der Waals surface area (Å²) >= 11 is 0. The van der Waals surface area contributed by atoms with Crippen LogP contribution in [0.25, 0.3) is 0 Å². The molecular weight excluding hydrogens is 486 g/mol. The quantitative estimate of drug-likeness (QED) is 0.344. The highest BCUT2D eigenvalue weighted by atomic mass is 16.6. The Morgan fingerprint density at radius 3 is 2.37 bits per heavy atom. The second-order valence-corrected chi connectivity index (χ2v) is 11.2. The van der Waals surface area contributed by atoms with Gasteiger partial charge < -0.3 is 34.1 Å². The summed E-state index contributed by atoms with van der Waals surface area (Å²) in [7, 11) is 3.26. The minimum absolute atomic E-state index is 0.0277. The first-order valence-electron chi connectivity index (χ1n) is 14.2. The largest absolute Gasteiger partial charge is 0.493 e. The third kappa shape index (κ3) is 7.76. The van der Waals surface area contributed by atoms with Crippen LogP contribution < -0.4 is 14.8 Å². The van der Waals surface area contributed by atoms with Crippen molar-refractivity contribution in [2.45, 2.75) is 58.0 Å². The number of rotatable bonds is 15. The van der Waals surface area contributed by atoms with Gasteiger partial charge in [0.25, 0.3) is 5.91 Å². The average Bonchev–Trinajstić information content (AvgIpc) is 3.85. The van der Waals surface area contributed by atoms with E-state index in [2.05, 4.69) is 5.32 Å². The van der Waals surface area contributed by atoms with Crippen LogP contribution in [0.3, 0.4) is 0 Å². The molecule has 9 heteroatoms. The van der Waals surface area contributed by atoms with E-state index < -0.39 is 0 Å². The lowest BCUT2D eigenvalue weighted by Gasteiger charge is -2.33. The molecule has 1 heterocycles. The highest BCUT2D eigenvalue weighted by Crippen LogP contribution is 2.33. The molecule has 3 fully saturated rings. The van der Waals surface area contributed by atoms with Gasteiger partial charge in [0.15, 0.2) is 11.5 Å². The first-order valence-corrected chi connectivity index (χ1v) is 14.2. The molecule has 38 heavy (non-hydrogen) atoms. The third-order valence-electron chi connectivity index (χ3n) is 7.75. The fraction of sp³-hybridized carbons (Fsp3) is 0.724. The van der Waals surface area contributed by atoms with Crippen molar-refractivity contribution in [3.63, 3.8) is 0 Å². The first-order chi connectivity index (χ1) is 18.4. The second kappa shape index (κ2) is 13.5. The average molecular weight is 532 g/mol. The maximum Gasteiger partial charge on any atom is 0.410 e. The van der Waals surface area contributed by atoms with E-state index in [4.69, 9.17) is 18.9 Å². The molecule has 212 valence electrons. The van der Waals surface area contributed by atoms with E-state index in [1.54, 1.807) is 32.4 Å². The zero-order valence-corrected chi connectivity index (χ0v) is 23.4. The summed E-state index contributed by atoms with van der Waals surface area (Å²) in [5.41, 5.74) is 0.576. The molecule has 0 bridgehead atoms. The summed E-state index contributed by atoms with van der Waals surface area (Å²) in [6.45, 7) is 8.69. The normalized spacial score (nSPS) is 20.9. The van der Waals surface area contributed by atoms with Crippen molar-refractivity contribution in [2.24, 2.45) is 17.8 Å². The Balaban J connectivity index is 1.40. The predicted octanol–water partition coefficient (Wildman–Crippen LogP) is 3.81. The number of hydrogen-bond donors (Lipinski definition) is 1. The summed E-state index contributed by atoms with van der Waals surface area (Å²) in [6, 6.07) is 5.69. The van der Waals surface area contributed by atoms with Gasteiger partial charge in [-0.15, -0.1) is 0 Å². The first kappa shape index (κ1) is 28.5. The molecule has 1 saturated heterocycles. The molecule has 4 rings (SSSR count). The fourth-order valence-electron chi connectivity index (χ4n) is 5.04. The Morgan fingerprint density at radius 2 is 1.74 bits per heavy atom. The monoisotopic (exact) mass is 531 g/mol. The van der Waals surface area contributed by atoms with Crippen LogP contribution in [0.15, 0.2) is 18.2 Å². The van der Waals surface area contributed by atoms with Crippen molar-refractivity contribution < 1.29 is 28.5 Å². The van der Waals surface area contributed by atoms with Gasteiger partial charge in [0, 0.05) is 64.0 Å². The summed E-state index contributed by atoms with van der Waals surface area (Å²) in [5, 5.41) is 3.50. The molecule has 2 aliphatic carbocycles. The van der Waals surface area contributed by atoms with Gasteiger partial charge in [-0.3, -0.25) is 4.79 Å². The molecule has 0 unspecified atom stereocenters. The Morgan fingerprint density at radius 1 is 1.00 bits per heavy atom. The van der Waals surface area contributed by atoms with Crippen molar-refractivity contribution >= 4 is 12.0 Å². The van der Waals surface area contributed by atoms with Crippen molar-refractivity contribution in [1.29, 1.82) is 0 Å². The van der Waals surface area contributed by atoms with Crippen LogP contribution in [0.5, 0.6) is 11.5 Å². The second-order valence-electron chi connectivity index (χ2n) is 11.2. The van der Waals surface area contributed by atoms with E-state index in [1.807, 2.05) is 23.6 Å². The zero-order chi connectivity index (χ0) is 27.1. The standard InChI is InChI=1S/C29H45N3O6/c1-20(2)31(28(33)22-8-11-26(36-4)27(14-22)37-13-5-12-35-3)17-23-15-30-16-24(23)18-32(25-9-10-25)29(34)38-19-21-6-7-21/h8,11,14,20-21,23-25,30H,5-7,9-10,12-13,15-19H2,1-4H3/t23-,24-/m0/s1. The molecule has 0 spiro atoms. The fourth-order valence-corrected chi connectivity index (χ4v) is 5.04. The molecular formula is C29H45N3O6. The maximum atomic E-state index is 13.7. The number of benzene rings is 1. The summed E-state index contributed by atoms with van der Waals surface area (Å²) in [5.74, 6) is 2.21. The van der Waals surface area contributed by atoms with Gasteiger partial charge in [0.2, 0.25) is 0 Å². The predicted molar refractivity (Wildman–Crippen MR) is 145 cm³/mol. The molecule has 2 amide bonds. The van der Waals surface area contributed by atoms with Crippen LogP contribution in [-0.4, -0.2) is 94.1 Å². The van der Waals surface area contributed by atoms with Gasteiger partial charge >= 0.3 is 6.09 Å². The molecule has 0 radical (unpaired) electrons. The van der Waals surface area contributed by atoms with Crippen LogP contribution in [0.1, 0.15) is 56.3 Å². The highest BCUT2D eigenvalue weighted by molar-refractivity contribution is 5.95. The summed E-state index contributed by atoms with van der Waals surface area (Å²) < 4.78 is 22.1. The zero-order valence-electron chi connectivity index (χ0n) is 23.4. The maximum absolute atomic E-state index is 13.7. The Labute approximate surface area is 227 Å². The van der Waals surface area contributed by atoms with Gasteiger partial charge in [0.1, 0.15) is 0 Å². The SMILES string of the molecule is COCCCOc1cc(C(=O)N(C[C@@H]2CNC[C@H]2CN(C(=O)OCC2CC2)C2CC2)C(C)C)ccc1OC. The van der Waals surface area contributed by atoms with Crippen molar-refractivity contribution in [3.05, 3.63) is 23.8 Å². The highest BCUT2D eigenvalue weighted by Gasteiger charge is 2.39. The van der Waals surface area contributed by atoms with E-state index in [1.165, 1.54) is 12.8 Å². The number of methoxy groups -OCH3 is 2. The molecule has 2 saturated carbocycles. The van der Waals surface area contributed by atoms with Crippen LogP contribution in [0.4, 0.5) is 4.79 Å². The molecule has 9 nitrogen and oxygen atoms in total. The number of carbonyl (C=O) groups excluding carboxylic acids is 2. The third-order valence-corrected chi connectivity index (χ3v) is 7.75. The van der Waals surface area contributed by atoms with E-state index in [-0.39, 0.29) is 29.9 Å². The lowest BCUT2D eigenvalue weighted by molar-refractivity contribution is 0.0629. The van der Waals surface area contributed by atoms with Gasteiger partial charge in [-0.05, 0) is 75.5 Å². The number of carbonyl (C=O) groups is 2. The minimum Gasteiger partial charge on any atom is -0.493 e. The number of hydrogen-bond acceptors (Lipinski definition) is 7. The van der Waals surface area contributed by atoms with E-state index >= 15 is 0 Å². The molecule has 1 aromatic carbocycles. The lowest BCUT2D eigenvalue weighted by Crippen LogP contribution is -2.45. The van der Waals surface area contributed by atoms with E-state index in [0.29, 0.717) is 61.9 Å². The molecule has 3 aliphatic rings. The molecule has 1 aliphatic heterocycles. The number of nitrogens with zero attached hydrogens (tertiary/aromatic N) is 2. The van der Waals surface area contributed by atoms with Crippen LogP contribution >= 0.6 is 0 Å². The van der Waals surface area contributed by atoms with Crippen molar-refractivity contribution in [1.82, 2.24) is 15.1 Å². The molecule has 0 aromatic heterocycles. The number of ether oxygens (including phenoxy) is 4. The number of nitrogens with one attached hydrogen (secondary N) is 1. The smallest absolute Gasteiger partial charge is 0.410 e. The summed E-state index contributed by atoms with van der Waals surface area (Å²) in [4.78, 5) is 30.5. The molecule has 2 atom stereocenters. The Kier molecular flexibility index (Phi) is 10.1. The van der Waals surface area contributed by atoms with E-state index in [0.717, 1.165) is 32.4 Å². The molecule has 1 N–H and O–H groups in total. The Bertz CT molecular complexity index is 933. The van der Waals surface area contributed by atoms with Crippen molar-refractivity contribution in [2.75, 3.05) is 60.2 Å². The van der Waals surface area contributed by atoms with Gasteiger partial charge in [-0.25, -0.2) is 4.79 Å². The van der Waals surface area contributed by atoms with Crippen LogP contribution in [0, 0.1) is 17.8 Å². The van der Waals surface area contributed by atoms with Crippen LogP contribution in [0.2, 0.25) is 0 Å². The Hall–Kier alpha value is -2.52. The van der Waals surface area contributed by atoms with E-state index in [9.17, 15) is 9.59 Å². The minimum atomic E-state index is -0.168. The van der Waals surface area contributed by atoms with Gasteiger partial charge in [0.05, 0.1) is 20.3 Å². The number of amides is 2. The van der Waals surface area contributed by atoms with Crippen LogP contribution in [-0.2, 0) is 9.47 Å². The lowest BCUT2D eigenvalue weighted by atomic mass is 9.94. The topological polar surface area (TPSA) is 89.6 Å². The van der Waals surface area contributed by atoms with Crippen molar-refractivity contribution in [3.8, 4) is 11.5 Å². The molecule has 1 aromatic rings.